The standard InChI is InChI=1S/C31H42O3/c1-25(14-9-10-15-26(2)18-12-20-28(4)24-32)16-11-17-27(3)19-13-21-29(5)30(33)22-23-31(6,7)34-8/h9-21,24H,22-23H2,1-8H3. The van der Waals surface area contributed by atoms with Crippen LogP contribution in [0.1, 0.15) is 61.3 Å². The van der Waals surface area contributed by atoms with E-state index in [0.29, 0.717) is 18.4 Å². The lowest BCUT2D eigenvalue weighted by molar-refractivity contribution is -0.116. The Hall–Kier alpha value is -3.04. The summed E-state index contributed by atoms with van der Waals surface area (Å²) in [4.78, 5) is 22.8. The van der Waals surface area contributed by atoms with E-state index in [0.717, 1.165) is 28.6 Å². The molecule has 0 aliphatic carbocycles. The van der Waals surface area contributed by atoms with Gasteiger partial charge < -0.3 is 4.74 Å². The van der Waals surface area contributed by atoms with Crippen LogP contribution in [-0.4, -0.2) is 24.8 Å². The van der Waals surface area contributed by atoms with E-state index in [2.05, 4.69) is 0 Å². The maximum absolute atomic E-state index is 12.2. The molecule has 184 valence electrons. The summed E-state index contributed by atoms with van der Waals surface area (Å²) in [5.74, 6) is 0.149. The smallest absolute Gasteiger partial charge is 0.158 e. The van der Waals surface area contributed by atoms with Crippen LogP contribution in [0.25, 0.3) is 0 Å². The molecule has 0 heterocycles. The Morgan fingerprint density at radius 3 is 1.53 bits per heavy atom. The number of hydrogen-bond acceptors (Lipinski definition) is 3. The normalized spacial score (nSPS) is 15.5. The largest absolute Gasteiger partial charge is 0.379 e. The minimum Gasteiger partial charge on any atom is -0.379 e. The number of allylic oxidation sites excluding steroid dienone is 18. The van der Waals surface area contributed by atoms with E-state index in [4.69, 9.17) is 4.74 Å². The fourth-order valence-corrected chi connectivity index (χ4v) is 2.47. The second-order valence-electron chi connectivity index (χ2n) is 8.96. The van der Waals surface area contributed by atoms with E-state index in [1.165, 1.54) is 0 Å². The van der Waals surface area contributed by atoms with Crippen LogP contribution in [0.3, 0.4) is 0 Å². The first-order chi connectivity index (χ1) is 16.0. The molecule has 0 amide bonds. The fraction of sp³-hybridized carbons (Fsp3) is 0.355. The van der Waals surface area contributed by atoms with E-state index in [9.17, 15) is 9.59 Å². The van der Waals surface area contributed by atoms with Gasteiger partial charge in [0.1, 0.15) is 6.29 Å². The number of Topliss-reactive ketones (excluding diaryl/α,β-unsaturated/α-hetero) is 1. The molecule has 0 aromatic heterocycles. The molecule has 3 nitrogen and oxygen atoms in total. The highest BCUT2D eigenvalue weighted by Gasteiger charge is 2.18. The summed E-state index contributed by atoms with van der Waals surface area (Å²) in [6.45, 7) is 13.7. The van der Waals surface area contributed by atoms with E-state index in [1.54, 1.807) is 20.1 Å². The minimum atomic E-state index is -0.276. The predicted molar refractivity (Wildman–Crippen MR) is 147 cm³/mol. The molecule has 0 saturated heterocycles. The maximum atomic E-state index is 12.2. The number of carbonyl (C=O) groups excluding carboxylic acids is 2. The Balaban J connectivity index is 4.74. The quantitative estimate of drug-likeness (QED) is 0.150. The van der Waals surface area contributed by atoms with E-state index in [-0.39, 0.29) is 11.4 Å². The van der Waals surface area contributed by atoms with Gasteiger partial charge in [0.05, 0.1) is 5.60 Å². The van der Waals surface area contributed by atoms with Gasteiger partial charge in [-0.25, -0.2) is 0 Å². The summed E-state index contributed by atoms with van der Waals surface area (Å²) in [5, 5.41) is 0. The third kappa shape index (κ3) is 16.6. The first-order valence-corrected chi connectivity index (χ1v) is 11.6. The van der Waals surface area contributed by atoms with Gasteiger partial charge in [0.2, 0.25) is 0 Å². The maximum Gasteiger partial charge on any atom is 0.158 e. The van der Waals surface area contributed by atoms with Crippen LogP contribution < -0.4 is 0 Å². The van der Waals surface area contributed by atoms with Gasteiger partial charge in [-0.2, -0.15) is 0 Å². The first kappa shape index (κ1) is 31.0. The van der Waals surface area contributed by atoms with E-state index >= 15 is 0 Å². The van der Waals surface area contributed by atoms with Gasteiger partial charge in [-0.1, -0.05) is 95.7 Å². The number of rotatable bonds is 14. The lowest BCUT2D eigenvalue weighted by Gasteiger charge is -2.22. The molecule has 0 fully saturated rings. The molecule has 0 N–H and O–H groups in total. The topological polar surface area (TPSA) is 43.4 Å². The summed E-state index contributed by atoms with van der Waals surface area (Å²) in [5.41, 5.74) is 4.51. The zero-order chi connectivity index (χ0) is 26.0. The van der Waals surface area contributed by atoms with Crippen LogP contribution in [0, 0.1) is 0 Å². The molecule has 0 aliphatic rings. The van der Waals surface area contributed by atoms with Crippen LogP contribution in [0.5, 0.6) is 0 Å². The molecule has 0 atom stereocenters. The molecular formula is C31H42O3. The zero-order valence-electron chi connectivity index (χ0n) is 22.2. The number of aldehydes is 1. The van der Waals surface area contributed by atoms with Crippen molar-refractivity contribution in [3.05, 3.63) is 107 Å². The summed E-state index contributed by atoms with van der Waals surface area (Å²) < 4.78 is 5.37. The van der Waals surface area contributed by atoms with Gasteiger partial charge >= 0.3 is 0 Å². The SMILES string of the molecule is COC(C)(C)CCC(=O)C(C)=CC=CC(C)=CC=CC(C)=CC=CC=C(C)C=CC=C(C)C=O. The molecule has 0 aromatic carbocycles. The third-order valence-corrected chi connectivity index (χ3v) is 5.10. The van der Waals surface area contributed by atoms with Crippen molar-refractivity contribution in [2.45, 2.75) is 66.9 Å². The van der Waals surface area contributed by atoms with Gasteiger partial charge in [-0.05, 0) is 66.0 Å². The van der Waals surface area contributed by atoms with Crippen molar-refractivity contribution >= 4 is 12.1 Å². The van der Waals surface area contributed by atoms with Crippen LogP contribution in [0.4, 0.5) is 0 Å². The average molecular weight is 463 g/mol. The van der Waals surface area contributed by atoms with Crippen LogP contribution in [0.15, 0.2) is 107 Å². The van der Waals surface area contributed by atoms with Gasteiger partial charge in [0.15, 0.2) is 5.78 Å². The van der Waals surface area contributed by atoms with Gasteiger partial charge in [0, 0.05) is 13.5 Å². The molecule has 0 bridgehead atoms. The molecule has 0 aromatic rings. The lowest BCUT2D eigenvalue weighted by Crippen LogP contribution is -2.23. The van der Waals surface area contributed by atoms with Gasteiger partial charge in [-0.15, -0.1) is 0 Å². The van der Waals surface area contributed by atoms with Gasteiger partial charge in [0.25, 0.3) is 0 Å². The Bertz CT molecular complexity index is 939. The lowest BCUT2D eigenvalue weighted by atomic mass is 9.98. The monoisotopic (exact) mass is 462 g/mol. The highest BCUT2D eigenvalue weighted by Crippen LogP contribution is 2.17. The third-order valence-electron chi connectivity index (χ3n) is 5.10. The van der Waals surface area contributed by atoms with Crippen LogP contribution in [0.2, 0.25) is 0 Å². The molecule has 34 heavy (non-hydrogen) atoms. The van der Waals surface area contributed by atoms with E-state index < -0.39 is 0 Å². The molecule has 0 unspecified atom stereocenters. The molecule has 0 rings (SSSR count). The molecule has 0 spiro atoms. The minimum absolute atomic E-state index is 0.149. The van der Waals surface area contributed by atoms with Crippen molar-refractivity contribution in [1.82, 2.24) is 0 Å². The molecule has 0 aliphatic heterocycles. The Morgan fingerprint density at radius 2 is 1.09 bits per heavy atom. The number of methoxy groups -OCH3 is 1. The molecule has 0 saturated carbocycles. The highest BCUT2D eigenvalue weighted by molar-refractivity contribution is 5.95. The Morgan fingerprint density at radius 1 is 0.676 bits per heavy atom. The van der Waals surface area contributed by atoms with Crippen molar-refractivity contribution in [1.29, 1.82) is 0 Å². The summed E-state index contributed by atoms with van der Waals surface area (Å²) in [7, 11) is 1.67. The van der Waals surface area contributed by atoms with Gasteiger partial charge in [-0.3, -0.25) is 9.59 Å². The molecule has 3 heteroatoms. The van der Waals surface area contributed by atoms with Crippen molar-refractivity contribution in [2.75, 3.05) is 7.11 Å². The van der Waals surface area contributed by atoms with Crippen molar-refractivity contribution in [3.63, 3.8) is 0 Å². The molecule has 0 radical (unpaired) electrons. The number of ketones is 1. The van der Waals surface area contributed by atoms with E-state index in [1.807, 2.05) is 114 Å². The Kier molecular flexibility index (Phi) is 15.9. The average Bonchev–Trinajstić information content (AvgIpc) is 2.80. The van der Waals surface area contributed by atoms with Crippen molar-refractivity contribution < 1.29 is 14.3 Å². The first-order valence-electron chi connectivity index (χ1n) is 11.6. The van der Waals surface area contributed by atoms with Crippen LogP contribution in [-0.2, 0) is 14.3 Å². The second-order valence-corrected chi connectivity index (χ2v) is 8.96. The summed E-state index contributed by atoms with van der Waals surface area (Å²) in [6.07, 6.45) is 27.6. The fourth-order valence-electron chi connectivity index (χ4n) is 2.47. The predicted octanol–water partition coefficient (Wildman–Crippen LogP) is 7.92. The van der Waals surface area contributed by atoms with Crippen molar-refractivity contribution in [2.24, 2.45) is 0 Å². The number of carbonyl (C=O) groups is 2. The Labute approximate surface area is 207 Å². The summed E-state index contributed by atoms with van der Waals surface area (Å²) >= 11 is 0. The van der Waals surface area contributed by atoms with Crippen LogP contribution >= 0.6 is 0 Å². The number of hydrogen-bond donors (Lipinski definition) is 0. The zero-order valence-corrected chi connectivity index (χ0v) is 22.2. The number of ether oxygens (including phenoxy) is 1. The molecular weight excluding hydrogens is 420 g/mol. The van der Waals surface area contributed by atoms with Crippen molar-refractivity contribution in [3.8, 4) is 0 Å². The second kappa shape index (κ2) is 17.4. The summed E-state index contributed by atoms with van der Waals surface area (Å²) in [6, 6.07) is 0. The highest BCUT2D eigenvalue weighted by atomic mass is 16.5.